The lowest BCUT2D eigenvalue weighted by Gasteiger charge is -2.33. The van der Waals surface area contributed by atoms with Crippen molar-refractivity contribution in [1.82, 2.24) is 15.2 Å². The Morgan fingerprint density at radius 2 is 2.04 bits per heavy atom. The number of carbonyl (C=O) groups excluding carboxylic acids is 2. The first-order valence-electron chi connectivity index (χ1n) is 9.37. The lowest BCUT2D eigenvalue weighted by molar-refractivity contribution is -0.126. The molecule has 0 bridgehead atoms. The summed E-state index contributed by atoms with van der Waals surface area (Å²) in [4.78, 5) is 30.9. The van der Waals surface area contributed by atoms with Crippen molar-refractivity contribution in [2.24, 2.45) is 5.92 Å². The summed E-state index contributed by atoms with van der Waals surface area (Å²) in [7, 11) is 1.63. The molecular weight excluding hydrogens is 346 g/mol. The predicted octanol–water partition coefficient (Wildman–Crippen LogP) is 2.97. The Labute approximate surface area is 161 Å². The minimum Gasteiger partial charge on any atom is -0.496 e. The molecule has 1 aliphatic rings. The Kier molecular flexibility index (Phi) is 6.68. The Morgan fingerprint density at radius 1 is 1.33 bits per heavy atom. The van der Waals surface area contributed by atoms with Crippen molar-refractivity contribution < 1.29 is 19.1 Å². The van der Waals surface area contributed by atoms with Gasteiger partial charge in [-0.25, -0.2) is 4.79 Å². The van der Waals surface area contributed by atoms with Gasteiger partial charge in [0.1, 0.15) is 11.4 Å². The van der Waals surface area contributed by atoms with Crippen molar-refractivity contribution in [1.29, 1.82) is 0 Å². The highest BCUT2D eigenvalue weighted by molar-refractivity contribution is 5.80. The molecule has 0 unspecified atom stereocenters. The van der Waals surface area contributed by atoms with E-state index in [4.69, 9.17) is 9.47 Å². The van der Waals surface area contributed by atoms with Crippen LogP contribution in [-0.2, 0) is 16.1 Å². The number of ether oxygens (including phenoxy) is 2. The third-order valence-electron chi connectivity index (χ3n) is 4.62. The number of piperidine rings is 1. The molecule has 2 heterocycles. The van der Waals surface area contributed by atoms with Crippen LogP contribution in [0.4, 0.5) is 4.79 Å². The lowest BCUT2D eigenvalue weighted by Crippen LogP contribution is -2.47. The molecular formula is C20H31N3O4. The summed E-state index contributed by atoms with van der Waals surface area (Å²) in [5.74, 6) is 0.492. The van der Waals surface area contributed by atoms with Crippen LogP contribution in [-0.4, -0.2) is 47.7 Å². The van der Waals surface area contributed by atoms with Gasteiger partial charge >= 0.3 is 6.09 Å². The molecule has 2 amide bonds. The number of aromatic nitrogens is 1. The third-order valence-corrected chi connectivity index (χ3v) is 4.62. The van der Waals surface area contributed by atoms with Crippen molar-refractivity contribution >= 4 is 12.0 Å². The van der Waals surface area contributed by atoms with Gasteiger partial charge in [0.25, 0.3) is 0 Å². The Bertz CT molecular complexity index is 697. The molecule has 1 saturated heterocycles. The fraction of sp³-hybridized carbons (Fsp3) is 0.650. The molecule has 1 fully saturated rings. The van der Waals surface area contributed by atoms with Crippen LogP contribution in [0.5, 0.6) is 5.75 Å². The van der Waals surface area contributed by atoms with E-state index in [1.807, 2.05) is 34.6 Å². The number of nitrogens with one attached hydrogen (secondary N) is 1. The third kappa shape index (κ3) is 5.58. The van der Waals surface area contributed by atoms with Gasteiger partial charge in [0.05, 0.1) is 25.3 Å². The van der Waals surface area contributed by atoms with E-state index in [9.17, 15) is 9.59 Å². The molecule has 0 saturated carbocycles. The van der Waals surface area contributed by atoms with Gasteiger partial charge < -0.3 is 19.7 Å². The van der Waals surface area contributed by atoms with Gasteiger partial charge in [-0.05, 0) is 47.5 Å². The van der Waals surface area contributed by atoms with Gasteiger partial charge in [0, 0.05) is 30.4 Å². The van der Waals surface area contributed by atoms with Crippen molar-refractivity contribution in [3.63, 3.8) is 0 Å². The molecule has 0 radical (unpaired) electrons. The normalized spacial score (nSPS) is 17.4. The van der Waals surface area contributed by atoms with E-state index in [-0.39, 0.29) is 17.9 Å². The Morgan fingerprint density at radius 3 is 2.67 bits per heavy atom. The van der Waals surface area contributed by atoms with Crippen molar-refractivity contribution in [2.75, 3.05) is 20.2 Å². The fourth-order valence-electron chi connectivity index (χ4n) is 3.25. The summed E-state index contributed by atoms with van der Waals surface area (Å²) < 4.78 is 10.8. The highest BCUT2D eigenvalue weighted by Crippen LogP contribution is 2.24. The van der Waals surface area contributed by atoms with E-state index in [0.717, 1.165) is 35.4 Å². The maximum atomic E-state index is 12.6. The largest absolute Gasteiger partial charge is 0.496 e. The number of aryl methyl sites for hydroxylation is 1. The van der Waals surface area contributed by atoms with Gasteiger partial charge in [-0.1, -0.05) is 0 Å². The van der Waals surface area contributed by atoms with Crippen LogP contribution >= 0.6 is 0 Å². The monoisotopic (exact) mass is 377 g/mol. The molecule has 0 aliphatic carbocycles. The number of nitrogens with zero attached hydrogens (tertiary/aromatic N) is 2. The first-order chi connectivity index (χ1) is 12.6. The minimum absolute atomic E-state index is 0.0657. The maximum absolute atomic E-state index is 12.6. The maximum Gasteiger partial charge on any atom is 0.410 e. The van der Waals surface area contributed by atoms with Gasteiger partial charge in [-0.15, -0.1) is 0 Å². The summed E-state index contributed by atoms with van der Waals surface area (Å²) in [6.45, 7) is 10.7. The molecule has 150 valence electrons. The highest BCUT2D eigenvalue weighted by Gasteiger charge is 2.31. The van der Waals surface area contributed by atoms with Crippen LogP contribution in [0.25, 0.3) is 0 Å². The SMILES string of the molecule is COc1c(C)cnc(CNC(=O)[C@@H]2CCCN(C(=O)OC(C)(C)C)C2)c1C. The van der Waals surface area contributed by atoms with Crippen LogP contribution in [0, 0.1) is 19.8 Å². The predicted molar refractivity (Wildman–Crippen MR) is 103 cm³/mol. The van der Waals surface area contributed by atoms with Crippen LogP contribution in [0.15, 0.2) is 6.20 Å². The number of rotatable bonds is 4. The number of hydrogen-bond donors (Lipinski definition) is 1. The smallest absolute Gasteiger partial charge is 0.410 e. The molecule has 0 spiro atoms. The van der Waals surface area contributed by atoms with Gasteiger partial charge in [-0.2, -0.15) is 0 Å². The van der Waals surface area contributed by atoms with Crippen LogP contribution in [0.1, 0.15) is 50.4 Å². The molecule has 1 aromatic heterocycles. The Balaban J connectivity index is 1.95. The second kappa shape index (κ2) is 8.59. The molecule has 1 aliphatic heterocycles. The van der Waals surface area contributed by atoms with E-state index in [0.29, 0.717) is 19.6 Å². The van der Waals surface area contributed by atoms with E-state index in [1.165, 1.54) is 0 Å². The van der Waals surface area contributed by atoms with Crippen molar-refractivity contribution in [2.45, 2.75) is 59.6 Å². The minimum atomic E-state index is -0.542. The number of pyridine rings is 1. The zero-order valence-corrected chi connectivity index (χ0v) is 17.2. The number of methoxy groups -OCH3 is 1. The first-order valence-corrected chi connectivity index (χ1v) is 9.37. The molecule has 1 N–H and O–H groups in total. The summed E-state index contributed by atoms with van der Waals surface area (Å²) in [6, 6.07) is 0. The second-order valence-electron chi connectivity index (χ2n) is 8.03. The molecule has 7 heteroatoms. The van der Waals surface area contributed by atoms with Crippen LogP contribution in [0.3, 0.4) is 0 Å². The fourth-order valence-corrected chi connectivity index (χ4v) is 3.25. The second-order valence-corrected chi connectivity index (χ2v) is 8.03. The summed E-state index contributed by atoms with van der Waals surface area (Å²) >= 11 is 0. The zero-order chi connectivity index (χ0) is 20.2. The summed E-state index contributed by atoms with van der Waals surface area (Å²) in [5, 5.41) is 2.95. The van der Waals surface area contributed by atoms with Crippen molar-refractivity contribution in [3.8, 4) is 5.75 Å². The number of amides is 2. The van der Waals surface area contributed by atoms with E-state index in [2.05, 4.69) is 10.3 Å². The van der Waals surface area contributed by atoms with E-state index < -0.39 is 5.60 Å². The highest BCUT2D eigenvalue weighted by atomic mass is 16.6. The zero-order valence-electron chi connectivity index (χ0n) is 17.2. The average molecular weight is 377 g/mol. The number of likely N-dealkylation sites (tertiary alicyclic amines) is 1. The molecule has 0 aromatic carbocycles. The van der Waals surface area contributed by atoms with Crippen molar-refractivity contribution in [3.05, 3.63) is 23.0 Å². The van der Waals surface area contributed by atoms with E-state index in [1.54, 1.807) is 18.2 Å². The van der Waals surface area contributed by atoms with Gasteiger partial charge in [0.2, 0.25) is 5.91 Å². The topological polar surface area (TPSA) is 80.8 Å². The standard InChI is InChI=1S/C20H31N3O4/c1-13-10-21-16(14(2)17(13)26-6)11-22-18(24)15-8-7-9-23(12-15)19(25)27-20(3,4)5/h10,15H,7-9,11-12H2,1-6H3,(H,22,24)/t15-/m1/s1. The first kappa shape index (κ1) is 21.0. The number of hydrogen-bond acceptors (Lipinski definition) is 5. The Hall–Kier alpha value is -2.31. The molecule has 1 atom stereocenters. The quantitative estimate of drug-likeness (QED) is 0.872. The van der Waals surface area contributed by atoms with Gasteiger partial charge in [-0.3, -0.25) is 9.78 Å². The molecule has 7 nitrogen and oxygen atoms in total. The van der Waals surface area contributed by atoms with Crippen LogP contribution < -0.4 is 10.1 Å². The molecule has 1 aromatic rings. The molecule has 2 rings (SSSR count). The van der Waals surface area contributed by atoms with E-state index >= 15 is 0 Å². The lowest BCUT2D eigenvalue weighted by atomic mass is 9.97. The van der Waals surface area contributed by atoms with Crippen LogP contribution in [0.2, 0.25) is 0 Å². The average Bonchev–Trinajstić information content (AvgIpc) is 2.60. The number of carbonyl (C=O) groups is 2. The van der Waals surface area contributed by atoms with Gasteiger partial charge in [0.15, 0.2) is 0 Å². The molecule has 27 heavy (non-hydrogen) atoms. The summed E-state index contributed by atoms with van der Waals surface area (Å²) in [5.41, 5.74) is 2.13. The summed E-state index contributed by atoms with van der Waals surface area (Å²) in [6.07, 6.45) is 2.93.